The Morgan fingerprint density at radius 3 is 2.17 bits per heavy atom. The molecule has 0 aliphatic heterocycles. The highest BCUT2D eigenvalue weighted by atomic mass is 16.5. The van der Waals surface area contributed by atoms with E-state index in [1.807, 2.05) is 30.3 Å². The van der Waals surface area contributed by atoms with E-state index in [1.54, 1.807) is 6.07 Å². The molecule has 0 saturated heterocycles. The smallest absolute Gasteiger partial charge is 0.197 e. The Morgan fingerprint density at radius 2 is 1.57 bits per heavy atom. The molecule has 0 atom stereocenters. The lowest BCUT2D eigenvalue weighted by molar-refractivity contribution is 0.351. The molecule has 5 heteroatoms. The molecule has 0 bridgehead atoms. The van der Waals surface area contributed by atoms with Crippen LogP contribution >= 0.6 is 0 Å². The number of rotatable bonds is 4. The van der Waals surface area contributed by atoms with Gasteiger partial charge in [0.15, 0.2) is 28.3 Å². The van der Waals surface area contributed by atoms with Gasteiger partial charge in [-0.05, 0) is 0 Å². The Morgan fingerprint density at radius 1 is 0.870 bits per heavy atom. The van der Waals surface area contributed by atoms with Crippen molar-refractivity contribution < 1.29 is 18.6 Å². The summed E-state index contributed by atoms with van der Waals surface area (Å²) >= 11 is 0. The number of hydrogen-bond donors (Lipinski definition) is 0. The Kier molecular flexibility index (Phi) is 3.93. The highest BCUT2D eigenvalue weighted by Gasteiger charge is 2.20. The van der Waals surface area contributed by atoms with Gasteiger partial charge in [0.1, 0.15) is 11.1 Å². The van der Waals surface area contributed by atoms with E-state index in [-0.39, 0.29) is 5.43 Å². The molecule has 0 N–H and O–H groups in total. The highest BCUT2D eigenvalue weighted by Crippen LogP contribution is 2.40. The summed E-state index contributed by atoms with van der Waals surface area (Å²) in [4.78, 5) is 12.6. The second kappa shape index (κ2) is 6.04. The molecule has 0 aliphatic carbocycles. The van der Waals surface area contributed by atoms with Crippen molar-refractivity contribution in [3.8, 4) is 28.6 Å². The molecule has 1 heterocycles. The maximum absolute atomic E-state index is 12.6. The van der Waals surface area contributed by atoms with E-state index in [0.29, 0.717) is 34.0 Å². The van der Waals surface area contributed by atoms with Crippen LogP contribution < -0.4 is 19.6 Å². The number of fused-ring (bicyclic) bond motifs is 1. The van der Waals surface area contributed by atoms with Crippen LogP contribution in [0.5, 0.6) is 17.2 Å². The summed E-state index contributed by atoms with van der Waals surface area (Å²) in [7, 11) is 4.49. The van der Waals surface area contributed by atoms with Gasteiger partial charge >= 0.3 is 0 Å². The molecule has 3 rings (SSSR count). The minimum Gasteiger partial charge on any atom is -0.493 e. The summed E-state index contributed by atoms with van der Waals surface area (Å²) in [6, 6.07) is 12.5. The average Bonchev–Trinajstić information content (AvgIpc) is 2.60. The Labute approximate surface area is 133 Å². The zero-order valence-electron chi connectivity index (χ0n) is 13.1. The number of methoxy groups -OCH3 is 3. The van der Waals surface area contributed by atoms with Crippen molar-refractivity contribution in [2.45, 2.75) is 0 Å². The van der Waals surface area contributed by atoms with E-state index in [2.05, 4.69) is 0 Å². The summed E-state index contributed by atoms with van der Waals surface area (Å²) in [6.45, 7) is 0. The maximum atomic E-state index is 12.6. The quantitative estimate of drug-likeness (QED) is 0.738. The van der Waals surface area contributed by atoms with E-state index in [0.717, 1.165) is 5.56 Å². The molecule has 5 nitrogen and oxygen atoms in total. The second-order valence-electron chi connectivity index (χ2n) is 4.86. The third-order valence-electron chi connectivity index (χ3n) is 3.59. The van der Waals surface area contributed by atoms with Crippen molar-refractivity contribution in [2.75, 3.05) is 21.3 Å². The minimum absolute atomic E-state index is 0.223. The van der Waals surface area contributed by atoms with Crippen molar-refractivity contribution in [3.05, 3.63) is 52.7 Å². The summed E-state index contributed by atoms with van der Waals surface area (Å²) in [5, 5.41) is 0.295. The predicted molar refractivity (Wildman–Crippen MR) is 87.6 cm³/mol. The number of ether oxygens (including phenoxy) is 3. The van der Waals surface area contributed by atoms with E-state index in [4.69, 9.17) is 18.6 Å². The van der Waals surface area contributed by atoms with Gasteiger partial charge in [0.05, 0.1) is 21.3 Å². The summed E-state index contributed by atoms with van der Waals surface area (Å²) in [6.07, 6.45) is 0. The lowest BCUT2D eigenvalue weighted by atomic mass is 10.1. The third kappa shape index (κ3) is 2.50. The Hall–Kier alpha value is -2.95. The molecule has 0 saturated carbocycles. The normalized spacial score (nSPS) is 10.6. The summed E-state index contributed by atoms with van der Waals surface area (Å²) in [5.74, 6) is 1.62. The Bertz CT molecular complexity index is 897. The first-order chi connectivity index (χ1) is 11.2. The van der Waals surface area contributed by atoms with Gasteiger partial charge in [0.25, 0.3) is 0 Å². The number of hydrogen-bond acceptors (Lipinski definition) is 5. The zero-order valence-corrected chi connectivity index (χ0v) is 13.1. The first kappa shape index (κ1) is 15.0. The van der Waals surface area contributed by atoms with Crippen LogP contribution in [0.15, 0.2) is 51.7 Å². The predicted octanol–water partition coefficient (Wildman–Crippen LogP) is 3.49. The fraction of sp³-hybridized carbons (Fsp3) is 0.167. The maximum Gasteiger partial charge on any atom is 0.197 e. The molecule has 0 aliphatic rings. The van der Waals surface area contributed by atoms with Gasteiger partial charge in [-0.3, -0.25) is 4.79 Å². The molecule has 0 unspecified atom stereocenters. The van der Waals surface area contributed by atoms with E-state index < -0.39 is 0 Å². The standard InChI is InChI=1S/C18H16O5/c1-20-14-10-15(21-2)18-16(17(14)22-3)12(19)9-13(23-18)11-7-5-4-6-8-11/h4-10H,1-3H3. The lowest BCUT2D eigenvalue weighted by Gasteiger charge is -2.13. The van der Waals surface area contributed by atoms with Crippen LogP contribution in [0, 0.1) is 0 Å². The van der Waals surface area contributed by atoms with Crippen molar-refractivity contribution in [3.63, 3.8) is 0 Å². The fourth-order valence-electron chi connectivity index (χ4n) is 2.51. The Balaban J connectivity index is 2.39. The van der Waals surface area contributed by atoms with Crippen molar-refractivity contribution in [1.82, 2.24) is 0 Å². The largest absolute Gasteiger partial charge is 0.493 e. The first-order valence-corrected chi connectivity index (χ1v) is 7.01. The molecule has 0 fully saturated rings. The van der Waals surface area contributed by atoms with Crippen LogP contribution in [0.2, 0.25) is 0 Å². The number of benzene rings is 2. The molecule has 1 aromatic heterocycles. The van der Waals surface area contributed by atoms with Gasteiger partial charge in [-0.1, -0.05) is 30.3 Å². The molecule has 0 radical (unpaired) electrons. The van der Waals surface area contributed by atoms with E-state index in [9.17, 15) is 4.79 Å². The molecule has 118 valence electrons. The first-order valence-electron chi connectivity index (χ1n) is 7.01. The van der Waals surface area contributed by atoms with Gasteiger partial charge in [0, 0.05) is 17.7 Å². The van der Waals surface area contributed by atoms with Gasteiger partial charge < -0.3 is 18.6 Å². The monoisotopic (exact) mass is 312 g/mol. The second-order valence-corrected chi connectivity index (χ2v) is 4.86. The van der Waals surface area contributed by atoms with Gasteiger partial charge in [0.2, 0.25) is 0 Å². The summed E-state index contributed by atoms with van der Waals surface area (Å²) in [5.41, 5.74) is 0.916. The van der Waals surface area contributed by atoms with Crippen LogP contribution in [0.1, 0.15) is 0 Å². The van der Waals surface area contributed by atoms with Gasteiger partial charge in [-0.25, -0.2) is 0 Å². The fourth-order valence-corrected chi connectivity index (χ4v) is 2.51. The van der Waals surface area contributed by atoms with Crippen LogP contribution in [-0.2, 0) is 0 Å². The molecular formula is C18H16O5. The molecule has 3 aromatic rings. The lowest BCUT2D eigenvalue weighted by Crippen LogP contribution is -2.05. The van der Waals surface area contributed by atoms with Crippen LogP contribution in [0.3, 0.4) is 0 Å². The average molecular weight is 312 g/mol. The molecule has 0 amide bonds. The minimum atomic E-state index is -0.223. The van der Waals surface area contributed by atoms with Crippen molar-refractivity contribution in [1.29, 1.82) is 0 Å². The van der Waals surface area contributed by atoms with Crippen LogP contribution in [0.4, 0.5) is 0 Å². The zero-order chi connectivity index (χ0) is 16.4. The molecule has 2 aromatic carbocycles. The van der Waals surface area contributed by atoms with Gasteiger partial charge in [-0.15, -0.1) is 0 Å². The summed E-state index contributed by atoms with van der Waals surface area (Å²) < 4.78 is 21.9. The van der Waals surface area contributed by atoms with E-state index >= 15 is 0 Å². The molecular weight excluding hydrogens is 296 g/mol. The SMILES string of the molecule is COc1cc(OC)c2oc(-c3ccccc3)cc(=O)c2c1OC. The topological polar surface area (TPSA) is 57.9 Å². The van der Waals surface area contributed by atoms with Crippen LogP contribution in [-0.4, -0.2) is 21.3 Å². The molecule has 23 heavy (non-hydrogen) atoms. The highest BCUT2D eigenvalue weighted by molar-refractivity contribution is 5.92. The van der Waals surface area contributed by atoms with E-state index in [1.165, 1.54) is 27.4 Å². The van der Waals surface area contributed by atoms with Gasteiger partial charge in [-0.2, -0.15) is 0 Å². The van der Waals surface area contributed by atoms with Crippen molar-refractivity contribution in [2.24, 2.45) is 0 Å². The molecule has 0 spiro atoms. The van der Waals surface area contributed by atoms with Crippen LogP contribution in [0.25, 0.3) is 22.3 Å². The van der Waals surface area contributed by atoms with Crippen molar-refractivity contribution >= 4 is 11.0 Å². The third-order valence-corrected chi connectivity index (χ3v) is 3.59.